The molecule has 1 atom stereocenters. The van der Waals surface area contributed by atoms with Gasteiger partial charge in [0.2, 0.25) is 0 Å². The highest BCUT2D eigenvalue weighted by Gasteiger charge is 2.15. The summed E-state index contributed by atoms with van der Waals surface area (Å²) < 4.78 is 11.3. The van der Waals surface area contributed by atoms with Crippen LogP contribution in [0.5, 0.6) is 11.5 Å². The number of ether oxygens (including phenoxy) is 2. The van der Waals surface area contributed by atoms with Crippen molar-refractivity contribution < 1.29 is 19.4 Å². The molecule has 0 amide bonds. The van der Waals surface area contributed by atoms with Crippen LogP contribution in [0.15, 0.2) is 6.07 Å². The molecule has 0 aromatic heterocycles. The molecule has 142 valence electrons. The molecule has 1 N–H and O–H groups in total. The number of esters is 1. The fourth-order valence-electron chi connectivity index (χ4n) is 2.87. The highest BCUT2D eigenvalue weighted by atomic mass is 16.5. The van der Waals surface area contributed by atoms with Crippen LogP contribution in [0.3, 0.4) is 0 Å². The maximum absolute atomic E-state index is 11.2. The van der Waals surface area contributed by atoms with E-state index in [-0.39, 0.29) is 5.97 Å². The molecule has 0 heterocycles. The number of carbonyl (C=O) groups excluding carboxylic acids is 1. The van der Waals surface area contributed by atoms with Crippen molar-refractivity contribution in [3.63, 3.8) is 0 Å². The van der Waals surface area contributed by atoms with Gasteiger partial charge >= 0.3 is 5.97 Å². The Bertz CT molecular complexity index is 585. The fraction of sp³-hybridized carbons (Fsp3) is 0.667. The van der Waals surface area contributed by atoms with Crippen LogP contribution >= 0.6 is 0 Å². The topological polar surface area (TPSA) is 55.8 Å². The number of hydrogen-bond acceptors (Lipinski definition) is 4. The van der Waals surface area contributed by atoms with Gasteiger partial charge in [0.25, 0.3) is 0 Å². The highest BCUT2D eigenvalue weighted by Crippen LogP contribution is 2.33. The van der Waals surface area contributed by atoms with Crippen LogP contribution in [0.4, 0.5) is 0 Å². The summed E-state index contributed by atoms with van der Waals surface area (Å²) in [7, 11) is 0. The predicted molar refractivity (Wildman–Crippen MR) is 101 cm³/mol. The lowest BCUT2D eigenvalue weighted by atomic mass is 9.95. The summed E-state index contributed by atoms with van der Waals surface area (Å²) in [4.78, 5) is 11.2. The van der Waals surface area contributed by atoms with E-state index in [1.807, 2.05) is 40.7 Å². The van der Waals surface area contributed by atoms with Crippen LogP contribution in [-0.4, -0.2) is 23.3 Å². The number of benzene rings is 1. The van der Waals surface area contributed by atoms with Crippen LogP contribution < -0.4 is 9.47 Å². The van der Waals surface area contributed by atoms with E-state index in [2.05, 4.69) is 6.92 Å². The number of aryl methyl sites for hydroxylation is 1. The first-order valence-corrected chi connectivity index (χ1v) is 9.15. The van der Waals surface area contributed by atoms with Crippen molar-refractivity contribution in [2.24, 2.45) is 5.92 Å². The zero-order chi connectivity index (χ0) is 19.2. The molecule has 1 aromatic rings. The van der Waals surface area contributed by atoms with Crippen molar-refractivity contribution in [1.29, 1.82) is 0 Å². The molecule has 0 saturated heterocycles. The van der Waals surface area contributed by atoms with Crippen LogP contribution in [-0.2, 0) is 4.79 Å². The summed E-state index contributed by atoms with van der Waals surface area (Å²) in [6.07, 6.45) is 3.93. The Balaban J connectivity index is 2.56. The Morgan fingerprint density at radius 1 is 1.20 bits per heavy atom. The minimum absolute atomic E-state index is 0.306. The number of carbonyl (C=O) groups is 1. The van der Waals surface area contributed by atoms with Gasteiger partial charge in [0.1, 0.15) is 11.5 Å². The van der Waals surface area contributed by atoms with E-state index in [0.717, 1.165) is 48.1 Å². The number of rotatable bonds is 9. The largest absolute Gasteiger partial charge is 0.493 e. The summed E-state index contributed by atoms with van der Waals surface area (Å²) >= 11 is 0. The third-order valence-corrected chi connectivity index (χ3v) is 4.58. The molecule has 1 aromatic carbocycles. The second-order valence-electron chi connectivity index (χ2n) is 7.81. The minimum atomic E-state index is -0.577. The molecule has 1 rings (SSSR count). The van der Waals surface area contributed by atoms with E-state index in [1.165, 1.54) is 6.92 Å². The van der Waals surface area contributed by atoms with Gasteiger partial charge in [0, 0.05) is 6.92 Å². The summed E-state index contributed by atoms with van der Waals surface area (Å²) in [6, 6.07) is 1.94. The van der Waals surface area contributed by atoms with Crippen molar-refractivity contribution >= 4 is 5.97 Å². The van der Waals surface area contributed by atoms with E-state index in [1.54, 1.807) is 0 Å². The van der Waals surface area contributed by atoms with Crippen LogP contribution in [0.1, 0.15) is 70.1 Å². The smallest absolute Gasteiger partial charge is 0.308 e. The van der Waals surface area contributed by atoms with E-state index in [0.29, 0.717) is 18.3 Å². The molecule has 4 nitrogen and oxygen atoms in total. The SMILES string of the molecule is CC(=O)Oc1c(C)cc(OCCC(C)CCCC(C)(C)O)c(C)c1C. The van der Waals surface area contributed by atoms with Crippen LogP contribution in [0.25, 0.3) is 0 Å². The average molecular weight is 350 g/mol. The summed E-state index contributed by atoms with van der Waals surface area (Å²) in [5.74, 6) is 1.75. The molecule has 1 unspecified atom stereocenters. The molecule has 0 bridgehead atoms. The third kappa shape index (κ3) is 7.47. The van der Waals surface area contributed by atoms with Crippen LogP contribution in [0, 0.1) is 26.7 Å². The third-order valence-electron chi connectivity index (χ3n) is 4.58. The Hall–Kier alpha value is -1.55. The number of aliphatic hydroxyl groups is 1. The van der Waals surface area contributed by atoms with Gasteiger partial charge in [0.05, 0.1) is 12.2 Å². The van der Waals surface area contributed by atoms with Crippen LogP contribution in [0.2, 0.25) is 0 Å². The van der Waals surface area contributed by atoms with Gasteiger partial charge in [0.15, 0.2) is 0 Å². The first-order valence-electron chi connectivity index (χ1n) is 9.15. The Kier molecular flexibility index (Phi) is 7.94. The second kappa shape index (κ2) is 9.23. The second-order valence-corrected chi connectivity index (χ2v) is 7.81. The van der Waals surface area contributed by atoms with Gasteiger partial charge in [-0.1, -0.05) is 19.8 Å². The molecule has 4 heteroatoms. The van der Waals surface area contributed by atoms with E-state index >= 15 is 0 Å². The van der Waals surface area contributed by atoms with Crippen molar-refractivity contribution in [3.05, 3.63) is 22.8 Å². The molecule has 0 spiro atoms. The summed E-state index contributed by atoms with van der Waals surface area (Å²) in [5.41, 5.74) is 2.29. The molecular formula is C21H34O4. The Morgan fingerprint density at radius 2 is 1.84 bits per heavy atom. The molecule has 0 radical (unpaired) electrons. The predicted octanol–water partition coefficient (Wildman–Crippen LogP) is 4.88. The quantitative estimate of drug-likeness (QED) is 0.509. The molecule has 0 saturated carbocycles. The van der Waals surface area contributed by atoms with Gasteiger partial charge in [-0.15, -0.1) is 0 Å². The first kappa shape index (κ1) is 21.5. The van der Waals surface area contributed by atoms with Crippen molar-refractivity contribution in [3.8, 4) is 11.5 Å². The lowest BCUT2D eigenvalue weighted by Crippen LogP contribution is -2.18. The van der Waals surface area contributed by atoms with Gasteiger partial charge in [-0.05, 0) is 76.1 Å². The van der Waals surface area contributed by atoms with Gasteiger partial charge < -0.3 is 14.6 Å². The lowest BCUT2D eigenvalue weighted by molar-refractivity contribution is -0.131. The lowest BCUT2D eigenvalue weighted by Gasteiger charge is -2.19. The standard InChI is InChI=1S/C21H34O4/c1-14(9-8-11-21(6,7)23)10-12-24-19-13-15(2)20(25-18(5)22)17(4)16(19)3/h13-14,23H,8-12H2,1-7H3. The summed E-state index contributed by atoms with van der Waals surface area (Å²) in [5, 5.41) is 9.76. The van der Waals surface area contributed by atoms with Gasteiger partial charge in [-0.25, -0.2) is 0 Å². The van der Waals surface area contributed by atoms with E-state index < -0.39 is 5.60 Å². The maximum Gasteiger partial charge on any atom is 0.308 e. The Morgan fingerprint density at radius 3 is 2.40 bits per heavy atom. The van der Waals surface area contributed by atoms with Gasteiger partial charge in [-0.2, -0.15) is 0 Å². The monoisotopic (exact) mass is 350 g/mol. The molecule has 0 aliphatic heterocycles. The highest BCUT2D eigenvalue weighted by molar-refractivity contribution is 5.71. The maximum atomic E-state index is 11.2. The zero-order valence-corrected chi connectivity index (χ0v) is 16.9. The van der Waals surface area contributed by atoms with Crippen molar-refractivity contribution in [2.45, 2.75) is 79.8 Å². The zero-order valence-electron chi connectivity index (χ0n) is 16.9. The van der Waals surface area contributed by atoms with Crippen molar-refractivity contribution in [1.82, 2.24) is 0 Å². The number of hydrogen-bond donors (Lipinski definition) is 1. The van der Waals surface area contributed by atoms with Crippen molar-refractivity contribution in [2.75, 3.05) is 6.61 Å². The Labute approximate surface area is 152 Å². The van der Waals surface area contributed by atoms with E-state index in [9.17, 15) is 9.90 Å². The molecule has 0 aliphatic rings. The molecule has 0 fully saturated rings. The van der Waals surface area contributed by atoms with Gasteiger partial charge in [-0.3, -0.25) is 4.79 Å². The molecular weight excluding hydrogens is 316 g/mol. The summed E-state index contributed by atoms with van der Waals surface area (Å²) in [6.45, 7) is 13.9. The minimum Gasteiger partial charge on any atom is -0.493 e. The average Bonchev–Trinajstić information content (AvgIpc) is 2.47. The fourth-order valence-corrected chi connectivity index (χ4v) is 2.87. The molecule has 25 heavy (non-hydrogen) atoms. The first-order chi connectivity index (χ1) is 11.5. The van der Waals surface area contributed by atoms with E-state index in [4.69, 9.17) is 9.47 Å². The molecule has 0 aliphatic carbocycles. The normalized spacial score (nSPS) is 12.8.